The van der Waals surface area contributed by atoms with Crippen molar-refractivity contribution in [2.45, 2.75) is 44.0 Å². The number of para-hydroxylation sites is 1. The van der Waals surface area contributed by atoms with Gasteiger partial charge in [-0.05, 0) is 56.5 Å². The van der Waals surface area contributed by atoms with Gasteiger partial charge in [0.25, 0.3) is 0 Å². The summed E-state index contributed by atoms with van der Waals surface area (Å²) in [7, 11) is -3.89. The zero-order valence-electron chi connectivity index (χ0n) is 18.8. The Labute approximate surface area is 201 Å². The fourth-order valence-corrected chi connectivity index (χ4v) is 7.30. The van der Waals surface area contributed by atoms with E-state index in [0.29, 0.717) is 30.6 Å². The molecule has 1 fully saturated rings. The molecule has 1 atom stereocenters. The molecule has 1 N–H and O–H groups in total. The zero-order valence-corrected chi connectivity index (χ0v) is 20.4. The largest absolute Gasteiger partial charge is 0.360 e. The predicted molar refractivity (Wildman–Crippen MR) is 130 cm³/mol. The number of benzene rings is 2. The summed E-state index contributed by atoms with van der Waals surface area (Å²) >= 11 is 1.67. The molecule has 4 aromatic rings. The standard InChI is InChI=1S/C24H24N4O4S2/c1-15-23(16(2)32-27-15)34(30,31)28-13-5-7-20(28)24(29)25-18-11-9-17(10-12-18)14-22-26-19-6-3-4-8-21(19)33-22/h3-4,6,8-12,20H,5,7,13-14H2,1-2H3,(H,25,29)/t20-/m1/s1. The van der Waals surface area contributed by atoms with Crippen molar-refractivity contribution in [3.05, 3.63) is 70.6 Å². The van der Waals surface area contributed by atoms with E-state index in [-0.39, 0.29) is 23.1 Å². The van der Waals surface area contributed by atoms with Crippen LogP contribution in [0.2, 0.25) is 0 Å². The summed E-state index contributed by atoms with van der Waals surface area (Å²) in [5, 5.41) is 7.66. The van der Waals surface area contributed by atoms with Crippen LogP contribution < -0.4 is 5.32 Å². The first kappa shape index (κ1) is 22.7. The third-order valence-electron chi connectivity index (χ3n) is 5.96. The first-order chi connectivity index (χ1) is 16.3. The number of hydrogen-bond donors (Lipinski definition) is 1. The molecule has 3 heterocycles. The van der Waals surface area contributed by atoms with Gasteiger partial charge >= 0.3 is 0 Å². The summed E-state index contributed by atoms with van der Waals surface area (Å²) in [6.07, 6.45) is 1.78. The Morgan fingerprint density at radius 2 is 1.94 bits per heavy atom. The molecular weight excluding hydrogens is 472 g/mol. The lowest BCUT2D eigenvalue weighted by Gasteiger charge is -2.23. The van der Waals surface area contributed by atoms with Crippen molar-refractivity contribution >= 4 is 43.2 Å². The summed E-state index contributed by atoms with van der Waals surface area (Å²) in [6.45, 7) is 3.43. The summed E-state index contributed by atoms with van der Waals surface area (Å²) < 4.78 is 33.9. The predicted octanol–water partition coefficient (Wildman–Crippen LogP) is 4.28. The van der Waals surface area contributed by atoms with Crippen molar-refractivity contribution in [1.29, 1.82) is 0 Å². The Balaban J connectivity index is 1.28. The van der Waals surface area contributed by atoms with Crippen molar-refractivity contribution in [2.75, 3.05) is 11.9 Å². The van der Waals surface area contributed by atoms with Crippen LogP contribution in [0.3, 0.4) is 0 Å². The van der Waals surface area contributed by atoms with E-state index < -0.39 is 16.1 Å². The average Bonchev–Trinajstić information content (AvgIpc) is 3.53. The van der Waals surface area contributed by atoms with Gasteiger partial charge in [-0.2, -0.15) is 4.31 Å². The van der Waals surface area contributed by atoms with E-state index >= 15 is 0 Å². The van der Waals surface area contributed by atoms with Gasteiger partial charge < -0.3 is 9.84 Å². The molecule has 1 amide bonds. The molecule has 2 aromatic carbocycles. The van der Waals surface area contributed by atoms with E-state index in [4.69, 9.17) is 4.52 Å². The monoisotopic (exact) mass is 496 g/mol. The van der Waals surface area contributed by atoms with Crippen molar-refractivity contribution in [2.24, 2.45) is 0 Å². The highest BCUT2D eigenvalue weighted by atomic mass is 32.2. The number of nitrogens with zero attached hydrogens (tertiary/aromatic N) is 3. The Bertz CT molecular complexity index is 1410. The van der Waals surface area contributed by atoms with Gasteiger partial charge in [0.15, 0.2) is 5.76 Å². The van der Waals surface area contributed by atoms with Gasteiger partial charge in [0.1, 0.15) is 16.6 Å². The van der Waals surface area contributed by atoms with Crippen LogP contribution in [0.4, 0.5) is 5.69 Å². The van der Waals surface area contributed by atoms with Crippen LogP contribution in [0.25, 0.3) is 10.2 Å². The third-order valence-corrected chi connectivity index (χ3v) is 9.15. The number of aryl methyl sites for hydroxylation is 2. The molecule has 0 aliphatic carbocycles. The Kier molecular flexibility index (Phi) is 5.97. The highest BCUT2D eigenvalue weighted by molar-refractivity contribution is 7.89. The fraction of sp³-hybridized carbons (Fsp3) is 0.292. The summed E-state index contributed by atoms with van der Waals surface area (Å²) in [5.74, 6) is -0.112. The minimum Gasteiger partial charge on any atom is -0.360 e. The van der Waals surface area contributed by atoms with E-state index in [1.165, 1.54) is 4.31 Å². The van der Waals surface area contributed by atoms with Gasteiger partial charge in [-0.3, -0.25) is 4.79 Å². The van der Waals surface area contributed by atoms with Gasteiger partial charge in [-0.25, -0.2) is 13.4 Å². The molecule has 10 heteroatoms. The zero-order chi connectivity index (χ0) is 23.9. The number of thiazole rings is 1. The average molecular weight is 497 g/mol. The molecule has 0 spiro atoms. The number of fused-ring (bicyclic) bond motifs is 1. The van der Waals surface area contributed by atoms with E-state index in [1.54, 1.807) is 25.2 Å². The second-order valence-electron chi connectivity index (χ2n) is 8.37. The van der Waals surface area contributed by atoms with Crippen LogP contribution in [0.1, 0.15) is 34.9 Å². The molecule has 2 aromatic heterocycles. The first-order valence-electron chi connectivity index (χ1n) is 11.0. The van der Waals surface area contributed by atoms with E-state index in [0.717, 1.165) is 20.8 Å². The van der Waals surface area contributed by atoms with Gasteiger partial charge in [0.2, 0.25) is 15.9 Å². The highest BCUT2D eigenvalue weighted by Crippen LogP contribution is 2.30. The maximum atomic E-state index is 13.2. The Hall–Kier alpha value is -3.08. The van der Waals surface area contributed by atoms with Crippen LogP contribution in [0.15, 0.2) is 57.9 Å². The second-order valence-corrected chi connectivity index (χ2v) is 11.3. The summed E-state index contributed by atoms with van der Waals surface area (Å²) in [6, 6.07) is 14.9. The van der Waals surface area contributed by atoms with Crippen molar-refractivity contribution in [3.63, 3.8) is 0 Å². The van der Waals surface area contributed by atoms with Crippen molar-refractivity contribution in [1.82, 2.24) is 14.4 Å². The molecule has 0 saturated carbocycles. The van der Waals surface area contributed by atoms with E-state index in [2.05, 4.69) is 21.5 Å². The topological polar surface area (TPSA) is 105 Å². The fourth-order valence-electron chi connectivity index (χ4n) is 4.35. The quantitative estimate of drug-likeness (QED) is 0.427. The lowest BCUT2D eigenvalue weighted by molar-refractivity contribution is -0.119. The number of nitrogens with one attached hydrogen (secondary N) is 1. The number of aromatic nitrogens is 2. The first-order valence-corrected chi connectivity index (χ1v) is 13.3. The highest BCUT2D eigenvalue weighted by Gasteiger charge is 2.41. The smallest absolute Gasteiger partial charge is 0.249 e. The number of anilines is 1. The van der Waals surface area contributed by atoms with Crippen LogP contribution in [-0.2, 0) is 21.2 Å². The summed E-state index contributed by atoms with van der Waals surface area (Å²) in [4.78, 5) is 17.7. The van der Waals surface area contributed by atoms with Crippen LogP contribution in [0.5, 0.6) is 0 Å². The Morgan fingerprint density at radius 3 is 2.65 bits per heavy atom. The maximum absolute atomic E-state index is 13.2. The molecule has 1 aliphatic heterocycles. The van der Waals surface area contributed by atoms with Crippen molar-refractivity contribution in [3.8, 4) is 0 Å². The third kappa shape index (κ3) is 4.24. The Morgan fingerprint density at radius 1 is 1.18 bits per heavy atom. The molecule has 0 radical (unpaired) electrons. The van der Waals surface area contributed by atoms with Crippen LogP contribution >= 0.6 is 11.3 Å². The molecular formula is C24H24N4O4S2. The molecule has 1 saturated heterocycles. The lowest BCUT2D eigenvalue weighted by atomic mass is 10.1. The van der Waals surface area contributed by atoms with Gasteiger partial charge in [-0.15, -0.1) is 11.3 Å². The molecule has 8 nitrogen and oxygen atoms in total. The minimum absolute atomic E-state index is 0.0476. The molecule has 34 heavy (non-hydrogen) atoms. The van der Waals surface area contributed by atoms with Crippen molar-refractivity contribution < 1.29 is 17.7 Å². The molecule has 0 unspecified atom stereocenters. The van der Waals surface area contributed by atoms with E-state index in [9.17, 15) is 13.2 Å². The summed E-state index contributed by atoms with van der Waals surface area (Å²) in [5.41, 5.74) is 3.01. The normalized spacial score (nSPS) is 16.8. The van der Waals surface area contributed by atoms with Crippen LogP contribution in [-0.4, -0.2) is 41.4 Å². The number of hydrogen-bond acceptors (Lipinski definition) is 7. The number of carbonyl (C=O) groups excluding carboxylic acids is 1. The SMILES string of the molecule is Cc1noc(C)c1S(=O)(=O)N1CCC[C@@H]1C(=O)Nc1ccc(Cc2nc3ccccc3s2)cc1. The maximum Gasteiger partial charge on any atom is 0.249 e. The number of rotatable bonds is 6. The van der Waals surface area contributed by atoms with Gasteiger partial charge in [0.05, 0.1) is 15.2 Å². The second kappa shape index (κ2) is 8.94. The molecule has 0 bridgehead atoms. The molecule has 5 rings (SSSR count). The number of amides is 1. The molecule has 176 valence electrons. The number of sulfonamides is 1. The lowest BCUT2D eigenvalue weighted by Crippen LogP contribution is -2.43. The number of carbonyl (C=O) groups is 1. The van der Waals surface area contributed by atoms with Gasteiger partial charge in [0, 0.05) is 18.7 Å². The molecule has 1 aliphatic rings. The van der Waals surface area contributed by atoms with E-state index in [1.807, 2.05) is 42.5 Å². The van der Waals surface area contributed by atoms with Crippen LogP contribution in [0, 0.1) is 13.8 Å². The van der Waals surface area contributed by atoms with Gasteiger partial charge in [-0.1, -0.05) is 29.4 Å². The minimum atomic E-state index is -3.89.